The summed E-state index contributed by atoms with van der Waals surface area (Å²) >= 11 is 0. The molecule has 1 aliphatic carbocycles. The first-order chi connectivity index (χ1) is 9.80. The number of nitrogens with one attached hydrogen (secondary N) is 1. The van der Waals surface area contributed by atoms with Crippen LogP contribution in [0.4, 0.5) is 0 Å². The van der Waals surface area contributed by atoms with E-state index in [1.54, 1.807) is 4.90 Å². The molecule has 1 heterocycles. The number of carbonyl (C=O) groups is 2. The molecule has 2 amide bonds. The molecular weight excluding hydrogens is 264 g/mol. The molecule has 1 N–H and O–H groups in total. The number of hydrogen-bond donors (Lipinski definition) is 1. The monoisotopic (exact) mass is 292 g/mol. The predicted octanol–water partition coefficient (Wildman–Crippen LogP) is 2.64. The molecule has 0 saturated carbocycles. The molecule has 4 nitrogen and oxygen atoms in total. The third kappa shape index (κ3) is 3.66. The van der Waals surface area contributed by atoms with Crippen LogP contribution < -0.4 is 5.32 Å². The number of piperazine rings is 1. The summed E-state index contributed by atoms with van der Waals surface area (Å²) in [6, 6.07) is -0.776. The first-order valence-corrected chi connectivity index (χ1v) is 8.09. The topological polar surface area (TPSA) is 49.4 Å². The number of amides is 2. The van der Waals surface area contributed by atoms with Crippen LogP contribution in [0.3, 0.4) is 0 Å². The number of hydrogen-bond acceptors (Lipinski definition) is 2. The van der Waals surface area contributed by atoms with E-state index in [0.717, 1.165) is 19.3 Å². The van der Waals surface area contributed by atoms with Crippen LogP contribution in [0.15, 0.2) is 11.6 Å². The number of carbonyl (C=O) groups excluding carboxylic acids is 2. The lowest BCUT2D eigenvalue weighted by Crippen LogP contribution is -2.65. The smallest absolute Gasteiger partial charge is 0.246 e. The van der Waals surface area contributed by atoms with E-state index in [-0.39, 0.29) is 23.3 Å². The molecular formula is C17H28N2O2. The molecule has 1 saturated heterocycles. The number of allylic oxidation sites excluding steroid dienone is 1. The van der Waals surface area contributed by atoms with Crippen LogP contribution >= 0.6 is 0 Å². The van der Waals surface area contributed by atoms with E-state index in [2.05, 4.69) is 11.4 Å². The normalized spacial score (nSPS) is 27.4. The van der Waals surface area contributed by atoms with Crippen LogP contribution in [-0.4, -0.2) is 35.3 Å². The molecule has 2 unspecified atom stereocenters. The Morgan fingerprint density at radius 2 is 2.00 bits per heavy atom. The van der Waals surface area contributed by atoms with E-state index in [4.69, 9.17) is 0 Å². The Hall–Kier alpha value is -1.32. The highest BCUT2D eigenvalue weighted by molar-refractivity contribution is 5.97. The average molecular weight is 292 g/mol. The Bertz CT molecular complexity index is 448. The summed E-state index contributed by atoms with van der Waals surface area (Å²) in [6.07, 6.45) is 8.04. The summed E-state index contributed by atoms with van der Waals surface area (Å²) in [4.78, 5) is 26.6. The zero-order valence-corrected chi connectivity index (χ0v) is 13.7. The van der Waals surface area contributed by atoms with Crippen molar-refractivity contribution >= 4 is 11.8 Å². The van der Waals surface area contributed by atoms with Crippen molar-refractivity contribution in [1.82, 2.24) is 10.2 Å². The second kappa shape index (κ2) is 6.20. The SMILES string of the molecule is CC1C(=O)NC(C(C)(C)C)C(=O)N1CCC1=CCCCC1. The molecule has 2 atom stereocenters. The van der Waals surface area contributed by atoms with Gasteiger partial charge in [0.25, 0.3) is 0 Å². The molecule has 0 spiro atoms. The van der Waals surface area contributed by atoms with Gasteiger partial charge in [-0.1, -0.05) is 32.4 Å². The van der Waals surface area contributed by atoms with Crippen LogP contribution in [0, 0.1) is 5.41 Å². The predicted molar refractivity (Wildman–Crippen MR) is 83.7 cm³/mol. The standard InChI is InChI=1S/C17H28N2O2/c1-12-15(20)18-14(17(2,3)4)16(21)19(12)11-10-13-8-6-5-7-9-13/h8,12,14H,5-7,9-11H2,1-4H3,(H,18,20). The fraction of sp³-hybridized carbons (Fsp3) is 0.765. The van der Waals surface area contributed by atoms with Gasteiger partial charge in [0.1, 0.15) is 12.1 Å². The molecule has 21 heavy (non-hydrogen) atoms. The lowest BCUT2D eigenvalue weighted by Gasteiger charge is -2.42. The fourth-order valence-electron chi connectivity index (χ4n) is 3.11. The van der Waals surface area contributed by atoms with E-state index >= 15 is 0 Å². The maximum Gasteiger partial charge on any atom is 0.246 e. The van der Waals surface area contributed by atoms with Gasteiger partial charge >= 0.3 is 0 Å². The van der Waals surface area contributed by atoms with Crippen molar-refractivity contribution in [2.75, 3.05) is 6.54 Å². The van der Waals surface area contributed by atoms with Crippen LogP contribution in [0.1, 0.15) is 59.8 Å². The van der Waals surface area contributed by atoms with Crippen molar-refractivity contribution in [3.8, 4) is 0 Å². The van der Waals surface area contributed by atoms with Gasteiger partial charge < -0.3 is 10.2 Å². The van der Waals surface area contributed by atoms with Gasteiger partial charge in [0.15, 0.2) is 0 Å². The van der Waals surface area contributed by atoms with Gasteiger partial charge in [0.2, 0.25) is 11.8 Å². The Morgan fingerprint density at radius 1 is 1.29 bits per heavy atom. The lowest BCUT2D eigenvalue weighted by molar-refractivity contribution is -0.151. The van der Waals surface area contributed by atoms with Crippen molar-refractivity contribution in [3.63, 3.8) is 0 Å². The van der Waals surface area contributed by atoms with Crippen molar-refractivity contribution in [2.24, 2.45) is 5.41 Å². The van der Waals surface area contributed by atoms with Crippen molar-refractivity contribution in [2.45, 2.75) is 71.9 Å². The third-order valence-electron chi connectivity index (χ3n) is 4.59. The molecule has 4 heteroatoms. The van der Waals surface area contributed by atoms with Gasteiger partial charge in [0.05, 0.1) is 0 Å². The molecule has 1 aliphatic heterocycles. The Balaban J connectivity index is 2.06. The van der Waals surface area contributed by atoms with Crippen molar-refractivity contribution in [1.29, 1.82) is 0 Å². The highest BCUT2D eigenvalue weighted by atomic mass is 16.2. The minimum atomic E-state index is -0.415. The Morgan fingerprint density at radius 3 is 2.57 bits per heavy atom. The molecule has 2 rings (SSSR count). The largest absolute Gasteiger partial charge is 0.342 e. The van der Waals surface area contributed by atoms with Crippen LogP contribution in [0.2, 0.25) is 0 Å². The summed E-state index contributed by atoms with van der Waals surface area (Å²) in [5.74, 6) is 0.0261. The first kappa shape index (κ1) is 16.1. The molecule has 0 bridgehead atoms. The molecule has 0 aromatic heterocycles. The van der Waals surface area contributed by atoms with Gasteiger partial charge in [-0.05, 0) is 44.4 Å². The highest BCUT2D eigenvalue weighted by Gasteiger charge is 2.43. The zero-order chi connectivity index (χ0) is 15.6. The van der Waals surface area contributed by atoms with Crippen LogP contribution in [-0.2, 0) is 9.59 Å². The average Bonchev–Trinajstić information content (AvgIpc) is 2.42. The molecule has 0 aromatic rings. The Labute approximate surface area is 128 Å². The Kier molecular flexibility index (Phi) is 4.74. The van der Waals surface area contributed by atoms with Crippen LogP contribution in [0.25, 0.3) is 0 Å². The highest BCUT2D eigenvalue weighted by Crippen LogP contribution is 2.26. The second-order valence-electron chi connectivity index (χ2n) is 7.37. The van der Waals surface area contributed by atoms with Gasteiger partial charge in [-0.25, -0.2) is 0 Å². The first-order valence-electron chi connectivity index (χ1n) is 8.09. The minimum Gasteiger partial charge on any atom is -0.342 e. The van der Waals surface area contributed by atoms with Gasteiger partial charge in [-0.3, -0.25) is 9.59 Å². The number of rotatable bonds is 3. The van der Waals surface area contributed by atoms with E-state index < -0.39 is 6.04 Å². The third-order valence-corrected chi connectivity index (χ3v) is 4.59. The zero-order valence-electron chi connectivity index (χ0n) is 13.7. The summed E-state index contributed by atoms with van der Waals surface area (Å²) < 4.78 is 0. The molecule has 1 fully saturated rings. The van der Waals surface area contributed by atoms with E-state index in [9.17, 15) is 9.59 Å². The van der Waals surface area contributed by atoms with Crippen molar-refractivity contribution < 1.29 is 9.59 Å². The molecule has 0 radical (unpaired) electrons. The quantitative estimate of drug-likeness (QED) is 0.813. The molecule has 2 aliphatic rings. The summed E-state index contributed by atoms with van der Waals surface area (Å²) in [6.45, 7) is 8.46. The number of nitrogens with zero attached hydrogens (tertiary/aromatic N) is 1. The molecule has 0 aromatic carbocycles. The van der Waals surface area contributed by atoms with Gasteiger partial charge in [-0.2, -0.15) is 0 Å². The van der Waals surface area contributed by atoms with E-state index in [1.165, 1.54) is 18.4 Å². The summed E-state index contributed by atoms with van der Waals surface area (Å²) in [7, 11) is 0. The summed E-state index contributed by atoms with van der Waals surface area (Å²) in [5, 5.41) is 2.88. The fourth-order valence-corrected chi connectivity index (χ4v) is 3.11. The lowest BCUT2D eigenvalue weighted by atomic mass is 9.84. The van der Waals surface area contributed by atoms with E-state index in [1.807, 2.05) is 27.7 Å². The minimum absolute atomic E-state index is 0.0350. The van der Waals surface area contributed by atoms with Gasteiger partial charge in [-0.15, -0.1) is 0 Å². The summed E-state index contributed by atoms with van der Waals surface area (Å²) in [5.41, 5.74) is 1.19. The van der Waals surface area contributed by atoms with Crippen LogP contribution in [0.5, 0.6) is 0 Å². The maximum absolute atomic E-state index is 12.7. The second-order valence-corrected chi connectivity index (χ2v) is 7.37. The maximum atomic E-state index is 12.7. The molecule has 118 valence electrons. The van der Waals surface area contributed by atoms with Gasteiger partial charge in [0, 0.05) is 6.54 Å². The van der Waals surface area contributed by atoms with E-state index in [0.29, 0.717) is 6.54 Å². The van der Waals surface area contributed by atoms with Crippen molar-refractivity contribution in [3.05, 3.63) is 11.6 Å².